The second-order valence-corrected chi connectivity index (χ2v) is 13.4. The van der Waals surface area contributed by atoms with Gasteiger partial charge in [0.2, 0.25) is 15.9 Å². The van der Waals surface area contributed by atoms with E-state index in [1.54, 1.807) is 6.07 Å². The number of rotatable bonds is 9. The van der Waals surface area contributed by atoms with E-state index in [1.807, 2.05) is 0 Å². The number of likely N-dealkylation sites (tertiary alicyclic amines) is 1. The van der Waals surface area contributed by atoms with Crippen LogP contribution in [-0.2, 0) is 27.8 Å². The van der Waals surface area contributed by atoms with Crippen molar-refractivity contribution in [1.29, 1.82) is 0 Å². The number of amides is 1. The number of benzene rings is 3. The first-order valence-corrected chi connectivity index (χ1v) is 16.3. The van der Waals surface area contributed by atoms with Gasteiger partial charge in [-0.3, -0.25) is 9.69 Å². The highest BCUT2D eigenvalue weighted by Gasteiger charge is 2.28. The SMILES string of the molecule is O=C(C[C@@H](NS(=O)(=O)c1ccc(Cl)c(Cl)c1)c1cccc(F)c1)N[C@@H]1CCCc2cc(CN3CCCCC3)ccc21. The van der Waals surface area contributed by atoms with E-state index in [4.69, 9.17) is 23.2 Å². The monoisotopic (exact) mass is 617 g/mol. The van der Waals surface area contributed by atoms with Gasteiger partial charge in [-0.2, -0.15) is 0 Å². The number of hydrogen-bond donors (Lipinski definition) is 2. The average molecular weight is 619 g/mol. The van der Waals surface area contributed by atoms with Crippen molar-refractivity contribution in [3.05, 3.63) is 98.8 Å². The van der Waals surface area contributed by atoms with Gasteiger partial charge in [-0.1, -0.05) is 60.0 Å². The van der Waals surface area contributed by atoms with E-state index in [9.17, 15) is 17.6 Å². The molecule has 2 N–H and O–H groups in total. The predicted octanol–water partition coefficient (Wildman–Crippen LogP) is 6.72. The number of aryl methyl sites for hydroxylation is 1. The average Bonchev–Trinajstić information content (AvgIpc) is 2.94. The van der Waals surface area contributed by atoms with E-state index < -0.39 is 21.9 Å². The van der Waals surface area contributed by atoms with Crippen molar-refractivity contribution in [2.75, 3.05) is 13.1 Å². The molecule has 0 radical (unpaired) electrons. The van der Waals surface area contributed by atoms with Gasteiger partial charge < -0.3 is 5.32 Å². The Morgan fingerprint density at radius 3 is 2.54 bits per heavy atom. The summed E-state index contributed by atoms with van der Waals surface area (Å²) in [6, 6.07) is 14.9. The summed E-state index contributed by atoms with van der Waals surface area (Å²) in [7, 11) is -4.10. The first-order chi connectivity index (χ1) is 19.7. The second kappa shape index (κ2) is 13.2. The number of hydrogen-bond acceptors (Lipinski definition) is 4. The fourth-order valence-corrected chi connectivity index (χ4v) is 7.39. The summed E-state index contributed by atoms with van der Waals surface area (Å²) in [5.41, 5.74) is 3.99. The highest BCUT2D eigenvalue weighted by Crippen LogP contribution is 2.32. The van der Waals surface area contributed by atoms with Crippen molar-refractivity contribution < 1.29 is 17.6 Å². The van der Waals surface area contributed by atoms with E-state index in [0.717, 1.165) is 44.5 Å². The van der Waals surface area contributed by atoms with Crippen LogP contribution in [0.1, 0.15) is 72.9 Å². The number of piperidine rings is 1. The zero-order chi connectivity index (χ0) is 29.0. The van der Waals surface area contributed by atoms with E-state index in [1.165, 1.54) is 66.8 Å². The Morgan fingerprint density at radius 1 is 0.976 bits per heavy atom. The van der Waals surface area contributed by atoms with E-state index in [2.05, 4.69) is 33.1 Å². The van der Waals surface area contributed by atoms with Crippen molar-refractivity contribution in [2.24, 2.45) is 0 Å². The maximum absolute atomic E-state index is 14.1. The molecule has 0 unspecified atom stereocenters. The van der Waals surface area contributed by atoms with Crippen LogP contribution in [0.2, 0.25) is 10.0 Å². The minimum atomic E-state index is -4.10. The molecule has 5 rings (SSSR count). The molecule has 1 heterocycles. The van der Waals surface area contributed by atoms with Crippen molar-refractivity contribution in [3.8, 4) is 0 Å². The molecule has 41 heavy (non-hydrogen) atoms. The minimum Gasteiger partial charge on any atom is -0.349 e. The lowest BCUT2D eigenvalue weighted by atomic mass is 9.86. The number of fused-ring (bicyclic) bond motifs is 1. The van der Waals surface area contributed by atoms with Crippen LogP contribution in [0.25, 0.3) is 0 Å². The summed E-state index contributed by atoms with van der Waals surface area (Å²) in [6.07, 6.45) is 6.30. The number of nitrogens with one attached hydrogen (secondary N) is 2. The summed E-state index contributed by atoms with van der Waals surface area (Å²) >= 11 is 12.0. The Balaban J connectivity index is 1.31. The van der Waals surface area contributed by atoms with Crippen molar-refractivity contribution in [2.45, 2.75) is 68.5 Å². The fourth-order valence-electron chi connectivity index (χ4n) is 5.78. The Labute approximate surface area is 251 Å². The lowest BCUT2D eigenvalue weighted by Gasteiger charge is -2.29. The maximum atomic E-state index is 14.1. The van der Waals surface area contributed by atoms with Crippen LogP contribution in [0, 0.1) is 5.82 Å². The molecule has 1 saturated heterocycles. The number of sulfonamides is 1. The zero-order valence-electron chi connectivity index (χ0n) is 22.7. The lowest BCUT2D eigenvalue weighted by molar-refractivity contribution is -0.122. The third kappa shape index (κ3) is 7.67. The number of halogens is 3. The molecule has 1 aliphatic heterocycles. The molecule has 0 aromatic heterocycles. The zero-order valence-corrected chi connectivity index (χ0v) is 25.0. The first-order valence-electron chi connectivity index (χ1n) is 14.0. The molecule has 10 heteroatoms. The number of carbonyl (C=O) groups is 1. The Bertz CT molecular complexity index is 1510. The van der Waals surface area contributed by atoms with Gasteiger partial charge in [0.1, 0.15) is 5.82 Å². The smallest absolute Gasteiger partial charge is 0.241 e. The molecule has 1 fully saturated rings. The molecule has 3 aromatic carbocycles. The van der Waals surface area contributed by atoms with Crippen LogP contribution in [0.5, 0.6) is 0 Å². The van der Waals surface area contributed by atoms with Crippen LogP contribution in [0.3, 0.4) is 0 Å². The summed E-state index contributed by atoms with van der Waals surface area (Å²) in [5.74, 6) is -0.852. The maximum Gasteiger partial charge on any atom is 0.241 e. The largest absolute Gasteiger partial charge is 0.349 e. The summed E-state index contributed by atoms with van der Waals surface area (Å²) in [6.45, 7) is 3.21. The van der Waals surface area contributed by atoms with Crippen LogP contribution < -0.4 is 10.0 Å². The second-order valence-electron chi connectivity index (χ2n) is 10.9. The predicted molar refractivity (Wildman–Crippen MR) is 160 cm³/mol. The quantitative estimate of drug-likeness (QED) is 0.279. The molecular weight excluding hydrogens is 584 g/mol. The molecular formula is C31H34Cl2FN3O3S. The summed E-state index contributed by atoms with van der Waals surface area (Å²) < 4.78 is 43.2. The first kappa shape index (κ1) is 30.0. The lowest BCUT2D eigenvalue weighted by Crippen LogP contribution is -2.36. The fraction of sp³-hybridized carbons (Fsp3) is 0.387. The topological polar surface area (TPSA) is 78.5 Å². The highest BCUT2D eigenvalue weighted by molar-refractivity contribution is 7.89. The van der Waals surface area contributed by atoms with E-state index in [-0.39, 0.29) is 33.3 Å². The molecule has 3 aromatic rings. The van der Waals surface area contributed by atoms with Gasteiger partial charge in [0.05, 0.1) is 27.0 Å². The van der Waals surface area contributed by atoms with Gasteiger partial charge in [-0.15, -0.1) is 0 Å². The number of nitrogens with zero attached hydrogens (tertiary/aromatic N) is 1. The van der Waals surface area contributed by atoms with Gasteiger partial charge in [-0.05, 0) is 97.8 Å². The molecule has 0 bridgehead atoms. The molecule has 1 aliphatic carbocycles. The molecule has 218 valence electrons. The van der Waals surface area contributed by atoms with Crippen LogP contribution in [-0.4, -0.2) is 32.3 Å². The standard InChI is InChI=1S/C31H34Cl2FN3O3S/c32-27-13-11-25(18-28(27)33)41(39,40)36-30(23-7-4-8-24(34)17-23)19-31(38)35-29-9-5-6-22-16-21(10-12-26(22)29)20-37-14-2-1-3-15-37/h4,7-8,10-13,16-18,29-30,36H,1-3,5-6,9,14-15,19-20H2,(H,35,38)/t29-,30-/m1/s1. The van der Waals surface area contributed by atoms with Gasteiger partial charge in [-0.25, -0.2) is 17.5 Å². The molecule has 6 nitrogen and oxygen atoms in total. The molecule has 2 aliphatic rings. The van der Waals surface area contributed by atoms with Crippen LogP contribution in [0.15, 0.2) is 65.6 Å². The number of carbonyl (C=O) groups excluding carboxylic acids is 1. The Hall–Kier alpha value is -2.49. The third-order valence-corrected chi connectivity index (χ3v) is 10.1. The van der Waals surface area contributed by atoms with E-state index >= 15 is 0 Å². The Morgan fingerprint density at radius 2 is 1.78 bits per heavy atom. The summed E-state index contributed by atoms with van der Waals surface area (Å²) in [5, 5.41) is 3.42. The van der Waals surface area contributed by atoms with Crippen LogP contribution in [0.4, 0.5) is 4.39 Å². The van der Waals surface area contributed by atoms with Crippen molar-refractivity contribution >= 4 is 39.1 Å². The van der Waals surface area contributed by atoms with Gasteiger partial charge in [0, 0.05) is 13.0 Å². The molecule has 2 atom stereocenters. The third-order valence-electron chi connectivity index (χ3n) is 7.85. The minimum absolute atomic E-state index is 0.0876. The summed E-state index contributed by atoms with van der Waals surface area (Å²) in [4.78, 5) is 15.8. The van der Waals surface area contributed by atoms with Crippen LogP contribution >= 0.6 is 23.2 Å². The molecule has 0 spiro atoms. The highest BCUT2D eigenvalue weighted by atomic mass is 35.5. The normalized spacial score (nSPS) is 18.5. The van der Waals surface area contributed by atoms with Gasteiger partial charge in [0.15, 0.2) is 0 Å². The Kier molecular flexibility index (Phi) is 9.66. The van der Waals surface area contributed by atoms with E-state index in [0.29, 0.717) is 5.56 Å². The van der Waals surface area contributed by atoms with Gasteiger partial charge >= 0.3 is 0 Å². The van der Waals surface area contributed by atoms with Crippen molar-refractivity contribution in [1.82, 2.24) is 14.9 Å². The molecule has 1 amide bonds. The van der Waals surface area contributed by atoms with Crippen molar-refractivity contribution in [3.63, 3.8) is 0 Å². The molecule has 0 saturated carbocycles. The van der Waals surface area contributed by atoms with Gasteiger partial charge in [0.25, 0.3) is 0 Å².